The number of benzene rings is 2. The second-order valence-electron chi connectivity index (χ2n) is 6.24. The summed E-state index contributed by atoms with van der Waals surface area (Å²) < 4.78 is 27.9. The van der Waals surface area contributed by atoms with Crippen LogP contribution in [0.4, 0.5) is 5.69 Å². The summed E-state index contributed by atoms with van der Waals surface area (Å²) in [7, 11) is -1.46. The van der Waals surface area contributed by atoms with Gasteiger partial charge >= 0.3 is 0 Å². The van der Waals surface area contributed by atoms with Gasteiger partial charge in [0.15, 0.2) is 0 Å². The number of nitrogens with one attached hydrogen (secondary N) is 1. The molecule has 130 valence electrons. The highest BCUT2D eigenvalue weighted by Gasteiger charge is 2.19. The van der Waals surface area contributed by atoms with Gasteiger partial charge in [-0.05, 0) is 50.5 Å². The molecule has 24 heavy (non-hydrogen) atoms. The smallest absolute Gasteiger partial charge is 0.241 e. The fourth-order valence-corrected chi connectivity index (χ4v) is 4.52. The van der Waals surface area contributed by atoms with E-state index in [2.05, 4.69) is 9.62 Å². The van der Waals surface area contributed by atoms with E-state index >= 15 is 0 Å². The quantitative estimate of drug-likeness (QED) is 0.782. The Morgan fingerprint density at radius 3 is 2.17 bits per heavy atom. The number of para-hydroxylation sites is 1. The summed E-state index contributed by atoms with van der Waals surface area (Å²) in [6.45, 7) is 6.88. The maximum atomic E-state index is 12.6. The lowest BCUT2D eigenvalue weighted by atomic mass is 10.1. The molecule has 2 aromatic rings. The van der Waals surface area contributed by atoms with Crippen molar-refractivity contribution in [1.82, 2.24) is 4.72 Å². The number of sulfonamides is 1. The fraction of sp³-hybridized carbons (Fsp3) is 0.368. The largest absolute Gasteiger partial charge is 0.375 e. The molecule has 0 saturated carbocycles. The maximum Gasteiger partial charge on any atom is 0.241 e. The normalized spacial score (nSPS) is 11.5. The lowest BCUT2D eigenvalue weighted by molar-refractivity contribution is 0.577. The summed E-state index contributed by atoms with van der Waals surface area (Å²) in [5, 5.41) is 0. The topological polar surface area (TPSA) is 49.4 Å². The average Bonchev–Trinajstić information content (AvgIpc) is 2.51. The van der Waals surface area contributed by atoms with Crippen LogP contribution in [0.2, 0.25) is 0 Å². The molecule has 0 heterocycles. The molecule has 0 unspecified atom stereocenters. The average molecular weight is 346 g/mol. The Balaban J connectivity index is 1.94. The maximum absolute atomic E-state index is 12.6. The molecule has 1 N–H and O–H groups in total. The molecule has 0 aliphatic heterocycles. The third-order valence-corrected chi connectivity index (χ3v) is 5.80. The molecule has 0 aliphatic carbocycles. The lowest BCUT2D eigenvalue weighted by Gasteiger charge is -2.19. The third kappa shape index (κ3) is 4.58. The highest BCUT2D eigenvalue weighted by molar-refractivity contribution is 7.89. The number of nitrogens with zero attached hydrogens (tertiary/aromatic N) is 1. The van der Waals surface area contributed by atoms with E-state index < -0.39 is 10.0 Å². The molecule has 0 saturated heterocycles. The van der Waals surface area contributed by atoms with Crippen molar-refractivity contribution in [2.24, 2.45) is 0 Å². The number of hydrogen-bond donors (Lipinski definition) is 1. The van der Waals surface area contributed by atoms with Gasteiger partial charge in [-0.15, -0.1) is 0 Å². The summed E-state index contributed by atoms with van der Waals surface area (Å²) in [6, 6.07) is 13.9. The van der Waals surface area contributed by atoms with Crippen molar-refractivity contribution >= 4 is 15.7 Å². The van der Waals surface area contributed by atoms with E-state index in [1.54, 1.807) is 0 Å². The molecule has 0 amide bonds. The van der Waals surface area contributed by atoms with Crippen LogP contribution in [0.1, 0.15) is 23.1 Å². The molecule has 0 atom stereocenters. The van der Waals surface area contributed by atoms with Gasteiger partial charge in [0.05, 0.1) is 4.90 Å². The molecule has 0 aromatic heterocycles. The Labute approximate surface area is 145 Å². The Morgan fingerprint density at radius 2 is 1.58 bits per heavy atom. The van der Waals surface area contributed by atoms with Gasteiger partial charge in [-0.3, -0.25) is 0 Å². The summed E-state index contributed by atoms with van der Waals surface area (Å²) in [4.78, 5) is 2.53. The van der Waals surface area contributed by atoms with Crippen LogP contribution < -0.4 is 9.62 Å². The van der Waals surface area contributed by atoms with Crippen molar-refractivity contribution in [3.63, 3.8) is 0 Å². The Morgan fingerprint density at radius 1 is 1.00 bits per heavy atom. The van der Waals surface area contributed by atoms with Gasteiger partial charge in [-0.2, -0.15) is 0 Å². The summed E-state index contributed by atoms with van der Waals surface area (Å²) in [5.41, 5.74) is 3.79. The zero-order valence-electron chi connectivity index (χ0n) is 14.8. The van der Waals surface area contributed by atoms with E-state index in [0.717, 1.165) is 35.3 Å². The van der Waals surface area contributed by atoms with E-state index in [4.69, 9.17) is 0 Å². The summed E-state index contributed by atoms with van der Waals surface area (Å²) >= 11 is 0. The van der Waals surface area contributed by atoms with E-state index in [0.29, 0.717) is 11.4 Å². The van der Waals surface area contributed by atoms with Crippen LogP contribution in [0.15, 0.2) is 47.4 Å². The van der Waals surface area contributed by atoms with Gasteiger partial charge in [-0.1, -0.05) is 35.9 Å². The molecule has 2 rings (SSSR count). The minimum atomic E-state index is -3.47. The Kier molecular flexibility index (Phi) is 6.02. The third-order valence-electron chi connectivity index (χ3n) is 4.03. The lowest BCUT2D eigenvalue weighted by Crippen LogP contribution is -2.29. The minimum Gasteiger partial charge on any atom is -0.375 e. The SMILES string of the molecule is Cc1cc(C)c(S(=O)(=O)NCCCN(C)c2ccccc2)c(C)c1. The van der Waals surface area contributed by atoms with Gasteiger partial charge in [0, 0.05) is 25.8 Å². The first kappa shape index (κ1) is 18.5. The first-order valence-electron chi connectivity index (χ1n) is 8.15. The first-order valence-corrected chi connectivity index (χ1v) is 9.63. The van der Waals surface area contributed by atoms with Gasteiger partial charge in [0.2, 0.25) is 10.0 Å². The Bertz CT molecular complexity index is 763. The predicted octanol–water partition coefficient (Wildman–Crippen LogP) is 3.42. The van der Waals surface area contributed by atoms with Gasteiger partial charge in [-0.25, -0.2) is 13.1 Å². The number of anilines is 1. The molecule has 5 heteroatoms. The first-order chi connectivity index (χ1) is 11.3. The molecular weight excluding hydrogens is 320 g/mol. The van der Waals surface area contributed by atoms with Crippen molar-refractivity contribution in [1.29, 1.82) is 0 Å². The fourth-order valence-electron chi connectivity index (χ4n) is 3.00. The standard InChI is InChI=1S/C19H26N2O2S/c1-15-13-16(2)19(17(3)14-15)24(22,23)20-11-8-12-21(4)18-9-6-5-7-10-18/h5-7,9-10,13-14,20H,8,11-12H2,1-4H3. The van der Waals surface area contributed by atoms with Gasteiger partial charge < -0.3 is 4.90 Å². The summed E-state index contributed by atoms with van der Waals surface area (Å²) in [5.74, 6) is 0. The predicted molar refractivity (Wildman–Crippen MR) is 100 cm³/mol. The molecule has 0 radical (unpaired) electrons. The molecule has 0 bridgehead atoms. The van der Waals surface area contributed by atoms with Crippen molar-refractivity contribution in [2.75, 3.05) is 25.0 Å². The van der Waals surface area contributed by atoms with Crippen LogP contribution in [0.25, 0.3) is 0 Å². The molecule has 4 nitrogen and oxygen atoms in total. The minimum absolute atomic E-state index is 0.407. The second-order valence-corrected chi connectivity index (χ2v) is 7.94. The molecular formula is C19H26N2O2S. The van der Waals surface area contributed by atoms with Crippen LogP contribution >= 0.6 is 0 Å². The van der Waals surface area contributed by atoms with Crippen LogP contribution in [-0.2, 0) is 10.0 Å². The van der Waals surface area contributed by atoms with E-state index in [1.807, 2.05) is 70.3 Å². The van der Waals surface area contributed by atoms with Crippen molar-refractivity contribution < 1.29 is 8.42 Å². The van der Waals surface area contributed by atoms with Gasteiger partial charge in [0.25, 0.3) is 0 Å². The Hall–Kier alpha value is -1.85. The van der Waals surface area contributed by atoms with E-state index in [1.165, 1.54) is 0 Å². The monoisotopic (exact) mass is 346 g/mol. The van der Waals surface area contributed by atoms with Crippen LogP contribution in [-0.4, -0.2) is 28.6 Å². The molecule has 0 fully saturated rings. The van der Waals surface area contributed by atoms with Crippen LogP contribution in [0.5, 0.6) is 0 Å². The number of rotatable bonds is 7. The van der Waals surface area contributed by atoms with Gasteiger partial charge in [0.1, 0.15) is 0 Å². The number of aryl methyl sites for hydroxylation is 3. The molecule has 0 aliphatic rings. The van der Waals surface area contributed by atoms with Crippen LogP contribution in [0, 0.1) is 20.8 Å². The summed E-state index contributed by atoms with van der Waals surface area (Å²) in [6.07, 6.45) is 0.745. The van der Waals surface area contributed by atoms with E-state index in [-0.39, 0.29) is 0 Å². The molecule has 2 aromatic carbocycles. The zero-order valence-corrected chi connectivity index (χ0v) is 15.7. The number of hydrogen-bond acceptors (Lipinski definition) is 3. The second kappa shape index (κ2) is 7.81. The van der Waals surface area contributed by atoms with Crippen molar-refractivity contribution in [2.45, 2.75) is 32.1 Å². The highest BCUT2D eigenvalue weighted by Crippen LogP contribution is 2.21. The van der Waals surface area contributed by atoms with Crippen molar-refractivity contribution in [3.05, 3.63) is 59.2 Å². The molecule has 0 spiro atoms. The highest BCUT2D eigenvalue weighted by atomic mass is 32.2. The van der Waals surface area contributed by atoms with E-state index in [9.17, 15) is 8.42 Å². The zero-order chi connectivity index (χ0) is 17.7. The van der Waals surface area contributed by atoms with Crippen LogP contribution in [0.3, 0.4) is 0 Å². The van der Waals surface area contributed by atoms with Crippen molar-refractivity contribution in [3.8, 4) is 0 Å².